The largest absolute Gasteiger partial charge is 0.444 e. The lowest BCUT2D eigenvalue weighted by molar-refractivity contribution is -0.124. The van der Waals surface area contributed by atoms with Gasteiger partial charge in [0.2, 0.25) is 5.91 Å². The van der Waals surface area contributed by atoms with Crippen LogP contribution in [0.2, 0.25) is 5.02 Å². The number of rotatable bonds is 9. The van der Waals surface area contributed by atoms with Gasteiger partial charge < -0.3 is 14.5 Å². The molecule has 1 aromatic heterocycles. The van der Waals surface area contributed by atoms with Gasteiger partial charge in [-0.05, 0) is 62.6 Å². The molecular formula is C32H38ClN5O4S. The first-order valence-electron chi connectivity index (χ1n) is 14.7. The van der Waals surface area contributed by atoms with Crippen LogP contribution in [0.5, 0.6) is 0 Å². The van der Waals surface area contributed by atoms with Gasteiger partial charge in [-0.3, -0.25) is 14.5 Å². The molecule has 228 valence electrons. The third kappa shape index (κ3) is 8.61. The van der Waals surface area contributed by atoms with Gasteiger partial charge in [0, 0.05) is 68.7 Å². The number of ether oxygens (including phenoxy) is 1. The summed E-state index contributed by atoms with van der Waals surface area (Å²) in [6.07, 6.45) is 1.73. The number of aryl methyl sites for hydroxylation is 2. The minimum atomic E-state index is -0.498. The number of aromatic nitrogens is 2. The Morgan fingerprint density at radius 1 is 0.930 bits per heavy atom. The van der Waals surface area contributed by atoms with Gasteiger partial charge >= 0.3 is 6.09 Å². The zero-order valence-corrected chi connectivity index (χ0v) is 26.5. The summed E-state index contributed by atoms with van der Waals surface area (Å²) >= 11 is 7.42. The second-order valence-corrected chi connectivity index (χ2v) is 13.8. The quantitative estimate of drug-likeness (QED) is 0.324. The fourth-order valence-electron chi connectivity index (χ4n) is 5.28. The summed E-state index contributed by atoms with van der Waals surface area (Å²) in [5, 5.41) is 10.8. The van der Waals surface area contributed by atoms with Crippen molar-refractivity contribution in [1.29, 1.82) is 0 Å². The van der Waals surface area contributed by atoms with Crippen molar-refractivity contribution in [2.24, 2.45) is 5.92 Å². The van der Waals surface area contributed by atoms with Crippen molar-refractivity contribution in [2.45, 2.75) is 58.6 Å². The Labute approximate surface area is 261 Å². The van der Waals surface area contributed by atoms with E-state index in [1.54, 1.807) is 9.80 Å². The van der Waals surface area contributed by atoms with Crippen LogP contribution < -0.4 is 4.90 Å². The van der Waals surface area contributed by atoms with E-state index in [1.165, 1.54) is 16.9 Å². The van der Waals surface area contributed by atoms with Crippen LogP contribution in [0.4, 0.5) is 10.5 Å². The molecule has 3 aromatic rings. The number of ketones is 1. The number of anilines is 1. The lowest BCUT2D eigenvalue weighted by Crippen LogP contribution is -2.49. The number of hydrogen-bond acceptors (Lipinski definition) is 8. The van der Waals surface area contributed by atoms with E-state index in [0.717, 1.165) is 48.7 Å². The maximum Gasteiger partial charge on any atom is 0.410 e. The number of halogens is 1. The van der Waals surface area contributed by atoms with Crippen LogP contribution in [0.1, 0.15) is 48.3 Å². The van der Waals surface area contributed by atoms with E-state index in [4.69, 9.17) is 16.3 Å². The van der Waals surface area contributed by atoms with Crippen molar-refractivity contribution < 1.29 is 19.1 Å². The fourth-order valence-corrected chi connectivity index (χ4v) is 6.26. The summed E-state index contributed by atoms with van der Waals surface area (Å²) in [6.45, 7) is 9.58. The first kappa shape index (κ1) is 31.1. The molecule has 0 radical (unpaired) electrons. The molecule has 0 bridgehead atoms. The van der Waals surface area contributed by atoms with Crippen LogP contribution in [-0.4, -0.2) is 76.1 Å². The molecule has 2 aliphatic rings. The zero-order chi connectivity index (χ0) is 30.6. The normalized spacial score (nSPS) is 17.9. The summed E-state index contributed by atoms with van der Waals surface area (Å²) in [6, 6.07) is 15.7. The third-order valence-corrected chi connectivity index (χ3v) is 8.87. The van der Waals surface area contributed by atoms with Crippen LogP contribution in [0.15, 0.2) is 48.5 Å². The van der Waals surface area contributed by atoms with Gasteiger partial charge in [0.25, 0.3) is 0 Å². The average Bonchev–Trinajstić information content (AvgIpc) is 3.59. The average molecular weight is 624 g/mol. The predicted molar refractivity (Wildman–Crippen MR) is 167 cm³/mol. The second-order valence-electron chi connectivity index (χ2n) is 12.2. The Hall–Kier alpha value is -3.34. The number of benzene rings is 2. The molecule has 2 aromatic carbocycles. The molecule has 9 nitrogen and oxygen atoms in total. The lowest BCUT2D eigenvalue weighted by atomic mass is 10.0. The van der Waals surface area contributed by atoms with E-state index < -0.39 is 5.60 Å². The van der Waals surface area contributed by atoms with Crippen molar-refractivity contribution >= 4 is 46.4 Å². The third-order valence-electron chi connectivity index (χ3n) is 7.63. The topological polar surface area (TPSA) is 95.9 Å². The number of Topliss-reactive ketones (excluding diaryl/α,β-unsaturated/α-hetero) is 1. The van der Waals surface area contributed by atoms with Gasteiger partial charge in [-0.15, -0.1) is 21.5 Å². The standard InChI is InChI=1S/C32H38ClN5O4S/c1-32(2,3)42-31(41)37-16-14-36(15-17-37)20-23-6-11-26(12-7-23)38-21-24(18-30(38)40)27(39)19-29-35-34-28(43-29)13-8-22-4-9-25(33)10-5-22/h4-7,9-12,24H,8,13-21H2,1-3H3. The van der Waals surface area contributed by atoms with E-state index in [0.29, 0.717) is 29.7 Å². The minimum Gasteiger partial charge on any atom is -0.444 e. The van der Waals surface area contributed by atoms with E-state index in [9.17, 15) is 14.4 Å². The Balaban J connectivity index is 1.08. The SMILES string of the molecule is CC(C)(C)OC(=O)N1CCN(Cc2ccc(N3CC(C(=O)Cc4nnc(CCc5ccc(Cl)cc5)s4)CC3=O)cc2)CC1. The van der Waals surface area contributed by atoms with Crippen molar-refractivity contribution in [3.63, 3.8) is 0 Å². The van der Waals surface area contributed by atoms with Crippen LogP contribution in [0, 0.1) is 5.92 Å². The van der Waals surface area contributed by atoms with Gasteiger partial charge in [-0.25, -0.2) is 4.79 Å². The van der Waals surface area contributed by atoms with Crippen molar-refractivity contribution in [2.75, 3.05) is 37.6 Å². The number of carbonyl (C=O) groups excluding carboxylic acids is 3. The van der Waals surface area contributed by atoms with Crippen LogP contribution >= 0.6 is 22.9 Å². The molecule has 43 heavy (non-hydrogen) atoms. The fraction of sp³-hybridized carbons (Fsp3) is 0.469. The van der Waals surface area contributed by atoms with Crippen LogP contribution in [-0.2, 0) is 40.1 Å². The Morgan fingerprint density at radius 3 is 2.26 bits per heavy atom. The van der Waals surface area contributed by atoms with Crippen LogP contribution in [0.3, 0.4) is 0 Å². The molecule has 3 heterocycles. The summed E-state index contributed by atoms with van der Waals surface area (Å²) in [5.41, 5.74) is 2.62. The first-order valence-corrected chi connectivity index (χ1v) is 15.9. The maximum atomic E-state index is 13.1. The molecule has 1 atom stereocenters. The lowest BCUT2D eigenvalue weighted by Gasteiger charge is -2.35. The first-order chi connectivity index (χ1) is 20.5. The van der Waals surface area contributed by atoms with Crippen molar-refractivity contribution in [1.82, 2.24) is 20.0 Å². The van der Waals surface area contributed by atoms with Gasteiger partial charge in [0.15, 0.2) is 0 Å². The van der Waals surface area contributed by atoms with E-state index in [2.05, 4.69) is 15.1 Å². The Kier molecular flexibility index (Phi) is 9.78. The van der Waals surface area contributed by atoms with Crippen molar-refractivity contribution in [3.8, 4) is 0 Å². The number of nitrogens with zero attached hydrogens (tertiary/aromatic N) is 5. The number of piperazine rings is 1. The highest BCUT2D eigenvalue weighted by molar-refractivity contribution is 7.11. The van der Waals surface area contributed by atoms with E-state index >= 15 is 0 Å². The highest BCUT2D eigenvalue weighted by Gasteiger charge is 2.35. The Morgan fingerprint density at radius 2 is 1.58 bits per heavy atom. The molecule has 2 saturated heterocycles. The maximum absolute atomic E-state index is 13.1. The van der Waals surface area contributed by atoms with Gasteiger partial charge in [-0.2, -0.15) is 0 Å². The summed E-state index contributed by atoms with van der Waals surface area (Å²) < 4.78 is 5.49. The van der Waals surface area contributed by atoms with Crippen LogP contribution in [0.25, 0.3) is 0 Å². The molecule has 0 spiro atoms. The van der Waals surface area contributed by atoms with Gasteiger partial charge in [0.05, 0.1) is 6.42 Å². The monoisotopic (exact) mass is 623 g/mol. The zero-order valence-electron chi connectivity index (χ0n) is 24.9. The summed E-state index contributed by atoms with van der Waals surface area (Å²) in [7, 11) is 0. The molecule has 2 amide bonds. The van der Waals surface area contributed by atoms with E-state index in [1.807, 2.05) is 69.3 Å². The molecule has 2 fully saturated rings. The predicted octanol–water partition coefficient (Wildman–Crippen LogP) is 5.19. The molecule has 0 aliphatic carbocycles. The molecule has 2 aliphatic heterocycles. The number of carbonyl (C=O) groups is 3. The van der Waals surface area contributed by atoms with Gasteiger partial charge in [0.1, 0.15) is 21.4 Å². The highest BCUT2D eigenvalue weighted by atomic mass is 35.5. The molecule has 0 saturated carbocycles. The minimum absolute atomic E-state index is 0.0263. The van der Waals surface area contributed by atoms with Gasteiger partial charge in [-0.1, -0.05) is 35.9 Å². The molecule has 0 N–H and O–H groups in total. The Bertz CT molecular complexity index is 1430. The summed E-state index contributed by atoms with van der Waals surface area (Å²) in [5.74, 6) is -0.362. The number of hydrogen-bond donors (Lipinski definition) is 0. The van der Waals surface area contributed by atoms with Crippen molar-refractivity contribution in [3.05, 3.63) is 74.7 Å². The molecule has 1 unspecified atom stereocenters. The van der Waals surface area contributed by atoms with E-state index in [-0.39, 0.29) is 36.5 Å². The number of amides is 2. The smallest absolute Gasteiger partial charge is 0.410 e. The molecule has 11 heteroatoms. The second kappa shape index (κ2) is 13.5. The summed E-state index contributed by atoms with van der Waals surface area (Å²) in [4.78, 5) is 44.0. The molecule has 5 rings (SSSR count). The highest BCUT2D eigenvalue weighted by Crippen LogP contribution is 2.28. The molecular weight excluding hydrogens is 586 g/mol.